The van der Waals surface area contributed by atoms with Crippen molar-refractivity contribution in [3.05, 3.63) is 34.2 Å². The number of pyridine rings is 1. The van der Waals surface area contributed by atoms with Gasteiger partial charge in [-0.25, -0.2) is 0 Å². The molecule has 0 spiro atoms. The fourth-order valence-corrected chi connectivity index (χ4v) is 1.07. The Hall–Kier alpha value is -1.09. The molecule has 0 saturated carbocycles. The Morgan fingerprint density at radius 1 is 1.58 bits per heavy atom. The van der Waals surface area contributed by atoms with Crippen LogP contribution in [0.4, 0.5) is 0 Å². The summed E-state index contributed by atoms with van der Waals surface area (Å²) in [6.07, 6.45) is 1.83. The van der Waals surface area contributed by atoms with Gasteiger partial charge >= 0.3 is 0 Å². The second-order valence-corrected chi connectivity index (χ2v) is 3.04. The SMILES string of the molecule is Cc1ccc(=O)n(C(C)CN)c1. The van der Waals surface area contributed by atoms with Crippen LogP contribution in [0.1, 0.15) is 18.5 Å². The van der Waals surface area contributed by atoms with Crippen LogP contribution in [-0.2, 0) is 0 Å². The highest BCUT2D eigenvalue weighted by atomic mass is 16.1. The third-order valence-corrected chi connectivity index (χ3v) is 1.90. The molecular weight excluding hydrogens is 152 g/mol. The first kappa shape index (κ1) is 9.00. The number of nitrogens with zero attached hydrogens (tertiary/aromatic N) is 1. The number of hydrogen-bond acceptors (Lipinski definition) is 2. The highest BCUT2D eigenvalue weighted by Crippen LogP contribution is 2.00. The lowest BCUT2D eigenvalue weighted by Crippen LogP contribution is -2.26. The molecule has 1 atom stereocenters. The minimum absolute atomic E-state index is 0.0125. The maximum absolute atomic E-state index is 11.3. The predicted octanol–water partition coefficient (Wildman–Crippen LogP) is 0.676. The van der Waals surface area contributed by atoms with Crippen molar-refractivity contribution in [2.24, 2.45) is 5.73 Å². The Balaban J connectivity index is 3.13. The third-order valence-electron chi connectivity index (χ3n) is 1.90. The van der Waals surface area contributed by atoms with Crippen molar-refractivity contribution in [2.75, 3.05) is 6.54 Å². The van der Waals surface area contributed by atoms with Gasteiger partial charge in [-0.15, -0.1) is 0 Å². The normalized spacial score (nSPS) is 12.9. The van der Waals surface area contributed by atoms with E-state index < -0.39 is 0 Å². The molecule has 1 heterocycles. The first-order chi connectivity index (χ1) is 5.65. The van der Waals surface area contributed by atoms with Crippen LogP contribution in [0.3, 0.4) is 0 Å². The summed E-state index contributed by atoms with van der Waals surface area (Å²) in [5.74, 6) is 0. The van der Waals surface area contributed by atoms with Crippen LogP contribution in [0.2, 0.25) is 0 Å². The molecule has 0 saturated heterocycles. The van der Waals surface area contributed by atoms with Crippen molar-refractivity contribution in [1.82, 2.24) is 4.57 Å². The van der Waals surface area contributed by atoms with Gasteiger partial charge in [-0.2, -0.15) is 0 Å². The van der Waals surface area contributed by atoms with Crippen LogP contribution < -0.4 is 11.3 Å². The van der Waals surface area contributed by atoms with Gasteiger partial charge in [0.05, 0.1) is 0 Å². The van der Waals surface area contributed by atoms with Crippen LogP contribution in [-0.4, -0.2) is 11.1 Å². The zero-order valence-electron chi connectivity index (χ0n) is 7.45. The second-order valence-electron chi connectivity index (χ2n) is 3.04. The molecule has 0 aliphatic heterocycles. The van der Waals surface area contributed by atoms with Crippen molar-refractivity contribution in [3.63, 3.8) is 0 Å². The number of hydrogen-bond donors (Lipinski definition) is 1. The molecule has 3 nitrogen and oxygen atoms in total. The minimum atomic E-state index is 0.0125. The summed E-state index contributed by atoms with van der Waals surface area (Å²) < 4.78 is 1.66. The Labute approximate surface area is 71.8 Å². The van der Waals surface area contributed by atoms with Crippen molar-refractivity contribution in [2.45, 2.75) is 19.9 Å². The Bertz CT molecular complexity index is 317. The van der Waals surface area contributed by atoms with E-state index in [-0.39, 0.29) is 11.6 Å². The van der Waals surface area contributed by atoms with Gasteiger partial charge in [-0.05, 0) is 19.4 Å². The topological polar surface area (TPSA) is 48.0 Å². The van der Waals surface area contributed by atoms with E-state index >= 15 is 0 Å². The average molecular weight is 166 g/mol. The van der Waals surface area contributed by atoms with Gasteiger partial charge < -0.3 is 10.3 Å². The molecule has 66 valence electrons. The average Bonchev–Trinajstić information content (AvgIpc) is 2.08. The molecule has 0 amide bonds. The van der Waals surface area contributed by atoms with Crippen molar-refractivity contribution < 1.29 is 0 Å². The molecule has 0 aliphatic carbocycles. The van der Waals surface area contributed by atoms with Gasteiger partial charge in [0.15, 0.2) is 0 Å². The molecule has 1 rings (SSSR count). The van der Waals surface area contributed by atoms with Crippen LogP contribution in [0.5, 0.6) is 0 Å². The Kier molecular flexibility index (Phi) is 2.65. The molecule has 0 bridgehead atoms. The van der Waals surface area contributed by atoms with Crippen LogP contribution in [0.15, 0.2) is 23.1 Å². The van der Waals surface area contributed by atoms with Gasteiger partial charge in [0.2, 0.25) is 0 Å². The smallest absolute Gasteiger partial charge is 0.250 e. The fraction of sp³-hybridized carbons (Fsp3) is 0.444. The molecule has 3 heteroatoms. The third kappa shape index (κ3) is 1.74. The largest absolute Gasteiger partial charge is 0.328 e. The van der Waals surface area contributed by atoms with Crippen molar-refractivity contribution in [1.29, 1.82) is 0 Å². The van der Waals surface area contributed by atoms with E-state index in [1.807, 2.05) is 26.1 Å². The lowest BCUT2D eigenvalue weighted by Gasteiger charge is -2.12. The molecule has 1 aromatic heterocycles. The molecule has 1 unspecified atom stereocenters. The van der Waals surface area contributed by atoms with E-state index in [2.05, 4.69) is 0 Å². The number of nitrogens with two attached hydrogens (primary N) is 1. The maximum atomic E-state index is 11.3. The van der Waals surface area contributed by atoms with E-state index in [9.17, 15) is 4.79 Å². The van der Waals surface area contributed by atoms with E-state index in [0.29, 0.717) is 6.54 Å². The van der Waals surface area contributed by atoms with Crippen LogP contribution >= 0.6 is 0 Å². The summed E-state index contributed by atoms with van der Waals surface area (Å²) in [4.78, 5) is 11.3. The first-order valence-electron chi connectivity index (χ1n) is 4.04. The summed E-state index contributed by atoms with van der Waals surface area (Å²) in [6, 6.07) is 3.46. The van der Waals surface area contributed by atoms with Gasteiger partial charge in [0.25, 0.3) is 5.56 Å². The first-order valence-corrected chi connectivity index (χ1v) is 4.04. The molecule has 0 fully saturated rings. The molecular formula is C9H14N2O. The van der Waals surface area contributed by atoms with Gasteiger partial charge in [-0.3, -0.25) is 4.79 Å². The number of rotatable bonds is 2. The van der Waals surface area contributed by atoms with E-state index in [1.165, 1.54) is 0 Å². The van der Waals surface area contributed by atoms with Crippen LogP contribution in [0.25, 0.3) is 0 Å². The highest BCUT2D eigenvalue weighted by molar-refractivity contribution is 5.07. The molecule has 1 aromatic rings. The quantitative estimate of drug-likeness (QED) is 0.702. The van der Waals surface area contributed by atoms with E-state index in [1.54, 1.807) is 10.6 Å². The van der Waals surface area contributed by atoms with Gasteiger partial charge in [-0.1, -0.05) is 6.07 Å². The molecule has 0 radical (unpaired) electrons. The van der Waals surface area contributed by atoms with Crippen molar-refractivity contribution >= 4 is 0 Å². The second kappa shape index (κ2) is 3.54. The molecule has 0 aromatic carbocycles. The number of aromatic nitrogens is 1. The zero-order chi connectivity index (χ0) is 9.14. The van der Waals surface area contributed by atoms with Gasteiger partial charge in [0, 0.05) is 24.8 Å². The minimum Gasteiger partial charge on any atom is -0.328 e. The van der Waals surface area contributed by atoms with Crippen molar-refractivity contribution in [3.8, 4) is 0 Å². The summed E-state index contributed by atoms with van der Waals surface area (Å²) in [5, 5.41) is 0. The van der Waals surface area contributed by atoms with E-state index in [0.717, 1.165) is 5.56 Å². The Morgan fingerprint density at radius 3 is 2.83 bits per heavy atom. The van der Waals surface area contributed by atoms with E-state index in [4.69, 9.17) is 5.73 Å². The van der Waals surface area contributed by atoms with Gasteiger partial charge in [0.1, 0.15) is 0 Å². The number of aryl methyl sites for hydroxylation is 1. The monoisotopic (exact) mass is 166 g/mol. The van der Waals surface area contributed by atoms with Crippen LogP contribution in [0, 0.1) is 6.92 Å². The summed E-state index contributed by atoms with van der Waals surface area (Å²) in [7, 11) is 0. The standard InChI is InChI=1S/C9H14N2O/c1-7-3-4-9(12)11(6-7)8(2)5-10/h3-4,6,8H,5,10H2,1-2H3. The maximum Gasteiger partial charge on any atom is 0.250 e. The zero-order valence-corrected chi connectivity index (χ0v) is 7.45. The Morgan fingerprint density at radius 2 is 2.25 bits per heavy atom. The lowest BCUT2D eigenvalue weighted by molar-refractivity contribution is 0.538. The fourth-order valence-electron chi connectivity index (χ4n) is 1.07. The molecule has 12 heavy (non-hydrogen) atoms. The molecule has 0 aliphatic rings. The highest BCUT2D eigenvalue weighted by Gasteiger charge is 2.02. The summed E-state index contributed by atoms with van der Waals surface area (Å²) >= 11 is 0. The molecule has 2 N–H and O–H groups in total. The summed E-state index contributed by atoms with van der Waals surface area (Å²) in [6.45, 7) is 4.38. The predicted molar refractivity (Wildman–Crippen MR) is 49.2 cm³/mol. The lowest BCUT2D eigenvalue weighted by atomic mass is 10.2. The summed E-state index contributed by atoms with van der Waals surface area (Å²) in [5.41, 5.74) is 6.55.